The lowest BCUT2D eigenvalue weighted by Gasteiger charge is -2.35. The zero-order valence-corrected chi connectivity index (χ0v) is 23.1. The molecule has 2 aliphatic rings. The van der Waals surface area contributed by atoms with Crippen molar-refractivity contribution in [2.24, 2.45) is 0 Å². The molecule has 1 unspecified atom stereocenters. The van der Waals surface area contributed by atoms with E-state index in [-0.39, 0.29) is 22.9 Å². The molecular weight excluding hydrogens is 516 g/mol. The van der Waals surface area contributed by atoms with Gasteiger partial charge in [-0.1, -0.05) is 48.9 Å². The van der Waals surface area contributed by atoms with E-state index >= 15 is 0 Å². The van der Waals surface area contributed by atoms with Crippen molar-refractivity contribution in [1.82, 2.24) is 10.8 Å². The molecule has 2 amide bonds. The first-order valence-electron chi connectivity index (χ1n) is 13.3. The van der Waals surface area contributed by atoms with Crippen LogP contribution in [0.2, 0.25) is 0 Å². The van der Waals surface area contributed by atoms with Crippen LogP contribution in [0.4, 0.5) is 0 Å². The van der Waals surface area contributed by atoms with E-state index < -0.39 is 0 Å². The first kappa shape index (κ1) is 26.9. The minimum absolute atomic E-state index is 0.0864. The summed E-state index contributed by atoms with van der Waals surface area (Å²) in [7, 11) is 0. The van der Waals surface area contributed by atoms with Crippen molar-refractivity contribution in [3.05, 3.63) is 82.7 Å². The van der Waals surface area contributed by atoms with Gasteiger partial charge in [-0.15, -0.1) is 23.1 Å². The summed E-state index contributed by atoms with van der Waals surface area (Å²) in [4.78, 5) is 33.4. The van der Waals surface area contributed by atoms with Crippen molar-refractivity contribution in [3.63, 3.8) is 0 Å². The average Bonchev–Trinajstić information content (AvgIpc) is 3.48. The van der Waals surface area contributed by atoms with E-state index in [2.05, 4.69) is 22.9 Å². The van der Waals surface area contributed by atoms with E-state index in [1.165, 1.54) is 11.3 Å². The summed E-state index contributed by atoms with van der Waals surface area (Å²) in [6.45, 7) is 1.18. The maximum absolute atomic E-state index is 12.9. The van der Waals surface area contributed by atoms with Crippen LogP contribution in [0.25, 0.3) is 10.4 Å². The molecule has 0 spiro atoms. The number of ether oxygens (including phenoxy) is 1. The third-order valence-corrected chi connectivity index (χ3v) is 10.1. The topological polar surface area (TPSA) is 76.7 Å². The molecule has 0 aliphatic carbocycles. The van der Waals surface area contributed by atoms with E-state index in [9.17, 15) is 9.59 Å². The number of nitrogens with one attached hydrogen (secondary N) is 2. The fraction of sp³-hybridized carbons (Fsp3) is 0.400. The van der Waals surface area contributed by atoms with Gasteiger partial charge in [0.05, 0.1) is 4.75 Å². The second-order valence-corrected chi connectivity index (χ2v) is 12.4. The van der Waals surface area contributed by atoms with E-state index in [1.54, 1.807) is 11.3 Å². The molecular formula is C30H34N2O4S2. The maximum Gasteiger partial charge on any atom is 0.251 e. The fourth-order valence-electron chi connectivity index (χ4n) is 4.91. The predicted molar refractivity (Wildman–Crippen MR) is 153 cm³/mol. The highest BCUT2D eigenvalue weighted by Gasteiger charge is 2.38. The van der Waals surface area contributed by atoms with Crippen molar-refractivity contribution in [2.45, 2.75) is 62.5 Å². The largest absolute Gasteiger partial charge is 0.350 e. The van der Waals surface area contributed by atoms with Crippen LogP contribution in [0.5, 0.6) is 0 Å². The number of carbonyl (C=O) groups excluding carboxylic acids is 2. The standard InChI is InChI=1S/C30H34N2O4S2/c33-27(32-36-28-10-4-6-18-35-28)20-30(17-5-7-19-37-30)26-16-15-25(38-26)23-11-13-24(14-12-23)29(34)31-21-22-8-2-1-3-9-22/h1-3,8-9,11-16,28H,4-7,10,17-21H2,(H,31,34)(H,32,33)/t28?,30-/m0/s1. The molecule has 0 saturated carbocycles. The molecule has 2 aromatic carbocycles. The van der Waals surface area contributed by atoms with Gasteiger partial charge >= 0.3 is 0 Å². The Bertz CT molecular complexity index is 1200. The van der Waals surface area contributed by atoms with Crippen LogP contribution in [0, 0.1) is 0 Å². The van der Waals surface area contributed by atoms with Gasteiger partial charge in [0, 0.05) is 41.3 Å². The van der Waals surface area contributed by atoms with Gasteiger partial charge in [-0.05, 0) is 66.8 Å². The van der Waals surface area contributed by atoms with Gasteiger partial charge in [-0.2, -0.15) is 0 Å². The van der Waals surface area contributed by atoms with Crippen LogP contribution in [0.1, 0.15) is 65.7 Å². The molecule has 38 heavy (non-hydrogen) atoms. The molecule has 0 bridgehead atoms. The van der Waals surface area contributed by atoms with Gasteiger partial charge < -0.3 is 10.1 Å². The summed E-state index contributed by atoms with van der Waals surface area (Å²) in [5.41, 5.74) is 5.44. The quantitative estimate of drug-likeness (QED) is 0.301. The number of thioether (sulfide) groups is 1. The molecule has 5 rings (SSSR count). The SMILES string of the molecule is O=C(C[C@]1(c2ccc(-c3ccc(C(=O)NCc4ccccc4)cc3)s2)CCCCS1)NOC1CCCCO1. The van der Waals surface area contributed by atoms with Crippen LogP contribution >= 0.6 is 23.1 Å². The summed E-state index contributed by atoms with van der Waals surface area (Å²) in [5.74, 6) is 0.853. The number of hydrogen-bond donors (Lipinski definition) is 2. The number of amides is 2. The minimum atomic E-state index is -0.348. The van der Waals surface area contributed by atoms with Crippen molar-refractivity contribution in [1.29, 1.82) is 0 Å². The summed E-state index contributed by atoms with van der Waals surface area (Å²) >= 11 is 3.62. The third kappa shape index (κ3) is 6.86. The molecule has 2 fully saturated rings. The van der Waals surface area contributed by atoms with Crippen LogP contribution in [-0.2, 0) is 25.7 Å². The summed E-state index contributed by atoms with van der Waals surface area (Å²) < 4.78 is 5.32. The monoisotopic (exact) mass is 550 g/mol. The van der Waals surface area contributed by atoms with Crippen molar-refractivity contribution < 1.29 is 19.2 Å². The lowest BCUT2D eigenvalue weighted by Crippen LogP contribution is -2.37. The molecule has 6 nitrogen and oxygen atoms in total. The van der Waals surface area contributed by atoms with Gasteiger partial charge in [0.2, 0.25) is 5.91 Å². The average molecular weight is 551 g/mol. The number of benzene rings is 2. The molecule has 0 radical (unpaired) electrons. The fourth-order valence-corrected chi connectivity index (χ4v) is 7.80. The zero-order valence-electron chi connectivity index (χ0n) is 21.4. The highest BCUT2D eigenvalue weighted by atomic mass is 32.2. The number of hydroxylamine groups is 1. The van der Waals surface area contributed by atoms with Crippen LogP contribution < -0.4 is 10.8 Å². The second-order valence-electron chi connectivity index (χ2n) is 9.83. The van der Waals surface area contributed by atoms with Crippen molar-refractivity contribution >= 4 is 34.9 Å². The number of hydrogen-bond acceptors (Lipinski definition) is 6. The minimum Gasteiger partial charge on any atom is -0.350 e. The summed E-state index contributed by atoms with van der Waals surface area (Å²) in [6, 6.07) is 21.9. The van der Waals surface area contributed by atoms with Gasteiger partial charge in [-0.25, -0.2) is 10.3 Å². The highest BCUT2D eigenvalue weighted by Crippen LogP contribution is 2.50. The van der Waals surface area contributed by atoms with Crippen LogP contribution in [0.15, 0.2) is 66.7 Å². The van der Waals surface area contributed by atoms with E-state index in [1.807, 2.05) is 66.4 Å². The zero-order chi connectivity index (χ0) is 26.2. The Labute approximate surface area is 232 Å². The molecule has 3 aromatic rings. The highest BCUT2D eigenvalue weighted by molar-refractivity contribution is 8.00. The predicted octanol–water partition coefficient (Wildman–Crippen LogP) is 6.42. The van der Waals surface area contributed by atoms with Gasteiger partial charge in [0.25, 0.3) is 5.91 Å². The lowest BCUT2D eigenvalue weighted by atomic mass is 9.94. The molecule has 2 aliphatic heterocycles. The maximum atomic E-state index is 12.9. The molecule has 8 heteroatoms. The van der Waals surface area contributed by atoms with Gasteiger partial charge in [0.15, 0.2) is 6.29 Å². The first-order chi connectivity index (χ1) is 18.6. The van der Waals surface area contributed by atoms with Crippen LogP contribution in [0.3, 0.4) is 0 Å². The molecule has 2 atom stereocenters. The van der Waals surface area contributed by atoms with E-state index in [4.69, 9.17) is 9.57 Å². The lowest BCUT2D eigenvalue weighted by molar-refractivity contribution is -0.200. The normalized spacial score (nSPS) is 21.5. The van der Waals surface area contributed by atoms with Crippen molar-refractivity contribution in [2.75, 3.05) is 12.4 Å². The number of thiophene rings is 1. The Balaban J connectivity index is 1.23. The molecule has 3 heterocycles. The number of carbonyl (C=O) groups is 2. The number of rotatable bonds is 9. The first-order valence-corrected chi connectivity index (χ1v) is 15.1. The summed E-state index contributed by atoms with van der Waals surface area (Å²) in [6.07, 6.45) is 6.17. The Hall–Kier alpha value is -2.65. The Kier molecular flexibility index (Phi) is 9.17. The Morgan fingerprint density at radius 1 is 0.974 bits per heavy atom. The van der Waals surface area contributed by atoms with Gasteiger partial charge in [-0.3, -0.25) is 9.59 Å². The molecule has 200 valence electrons. The molecule has 1 aromatic heterocycles. The molecule has 2 saturated heterocycles. The Morgan fingerprint density at radius 2 is 1.82 bits per heavy atom. The summed E-state index contributed by atoms with van der Waals surface area (Å²) in [5, 5.41) is 2.98. The Morgan fingerprint density at radius 3 is 2.55 bits per heavy atom. The van der Waals surface area contributed by atoms with E-state index in [0.29, 0.717) is 25.1 Å². The van der Waals surface area contributed by atoms with Crippen LogP contribution in [-0.4, -0.2) is 30.5 Å². The molecule has 2 N–H and O–H groups in total. The smallest absolute Gasteiger partial charge is 0.251 e. The van der Waals surface area contributed by atoms with Gasteiger partial charge in [0.1, 0.15) is 0 Å². The third-order valence-electron chi connectivity index (χ3n) is 7.02. The van der Waals surface area contributed by atoms with E-state index in [0.717, 1.165) is 53.9 Å². The van der Waals surface area contributed by atoms with Crippen molar-refractivity contribution in [3.8, 4) is 10.4 Å². The second kappa shape index (κ2) is 12.9.